The lowest BCUT2D eigenvalue weighted by Crippen LogP contribution is -2.34. The predicted octanol–water partition coefficient (Wildman–Crippen LogP) is 3.22. The van der Waals surface area contributed by atoms with Gasteiger partial charge >= 0.3 is 0 Å². The lowest BCUT2D eigenvalue weighted by molar-refractivity contribution is 0.132. The molecule has 1 fully saturated rings. The van der Waals surface area contributed by atoms with Crippen LogP contribution in [-0.4, -0.2) is 31.4 Å². The highest BCUT2D eigenvalue weighted by atomic mass is 79.9. The molecular weight excluding hydrogens is 318 g/mol. The Hall–Kier alpha value is -0.580. The van der Waals surface area contributed by atoms with Crippen LogP contribution in [0.5, 0.6) is 5.75 Å². The summed E-state index contributed by atoms with van der Waals surface area (Å²) in [6.45, 7) is 2.86. The van der Waals surface area contributed by atoms with Gasteiger partial charge in [0.1, 0.15) is 12.4 Å². The summed E-state index contributed by atoms with van der Waals surface area (Å²) in [6, 6.07) is 7.90. The average molecular weight is 342 g/mol. The largest absolute Gasteiger partial charge is 0.492 e. The van der Waals surface area contributed by atoms with Crippen LogP contribution in [0.15, 0.2) is 28.7 Å². The Morgan fingerprint density at radius 2 is 1.85 bits per heavy atom. The molecule has 4 heteroatoms. The first kappa shape index (κ1) is 15.8. The summed E-state index contributed by atoms with van der Waals surface area (Å²) in [5.74, 6) is 2.02. The molecule has 1 aromatic rings. The summed E-state index contributed by atoms with van der Waals surface area (Å²) >= 11 is 3.41. The topological polar surface area (TPSA) is 41.5 Å². The molecule has 2 atom stereocenters. The van der Waals surface area contributed by atoms with Crippen LogP contribution >= 0.6 is 15.9 Å². The Morgan fingerprint density at radius 3 is 2.55 bits per heavy atom. The second kappa shape index (κ2) is 8.65. The van der Waals surface area contributed by atoms with Gasteiger partial charge in [0.15, 0.2) is 0 Å². The molecule has 20 heavy (non-hydrogen) atoms. The van der Waals surface area contributed by atoms with E-state index in [4.69, 9.17) is 4.74 Å². The Kier molecular flexibility index (Phi) is 6.83. The quantitative estimate of drug-likeness (QED) is 0.748. The number of aliphatic hydroxyl groups is 1. The third-order valence-corrected chi connectivity index (χ3v) is 4.60. The van der Waals surface area contributed by atoms with Crippen LogP contribution in [0.25, 0.3) is 0 Å². The molecule has 0 aromatic heterocycles. The molecule has 2 unspecified atom stereocenters. The number of benzene rings is 1. The van der Waals surface area contributed by atoms with Gasteiger partial charge in [-0.1, -0.05) is 28.8 Å². The Labute approximate surface area is 129 Å². The van der Waals surface area contributed by atoms with E-state index in [1.54, 1.807) is 0 Å². The van der Waals surface area contributed by atoms with Crippen molar-refractivity contribution in [1.82, 2.24) is 5.32 Å². The van der Waals surface area contributed by atoms with E-state index in [1.807, 2.05) is 24.3 Å². The molecule has 0 heterocycles. The average Bonchev–Trinajstić information content (AvgIpc) is 2.49. The monoisotopic (exact) mass is 341 g/mol. The number of nitrogens with one attached hydrogen (secondary N) is 1. The fourth-order valence-electron chi connectivity index (χ4n) is 2.85. The first-order valence-corrected chi connectivity index (χ1v) is 8.29. The van der Waals surface area contributed by atoms with Crippen LogP contribution in [0.3, 0.4) is 0 Å². The molecule has 0 bridgehead atoms. The van der Waals surface area contributed by atoms with Gasteiger partial charge in [-0.2, -0.15) is 0 Å². The molecule has 3 nitrogen and oxygen atoms in total. The normalized spacial score (nSPS) is 22.7. The molecular formula is C16H24BrNO2. The van der Waals surface area contributed by atoms with E-state index in [1.165, 1.54) is 25.7 Å². The van der Waals surface area contributed by atoms with Gasteiger partial charge in [-0.25, -0.2) is 0 Å². The van der Waals surface area contributed by atoms with Gasteiger partial charge < -0.3 is 15.2 Å². The van der Waals surface area contributed by atoms with E-state index in [0.29, 0.717) is 25.0 Å². The lowest BCUT2D eigenvalue weighted by Gasteiger charge is -2.30. The van der Waals surface area contributed by atoms with Crippen LogP contribution in [-0.2, 0) is 0 Å². The maximum absolute atomic E-state index is 9.38. The summed E-state index contributed by atoms with van der Waals surface area (Å²) in [6.07, 6.45) is 5.00. The number of hydrogen-bond acceptors (Lipinski definition) is 3. The Bertz CT molecular complexity index is 383. The van der Waals surface area contributed by atoms with E-state index in [0.717, 1.165) is 23.3 Å². The summed E-state index contributed by atoms with van der Waals surface area (Å²) in [7, 11) is 0. The molecule has 0 saturated heterocycles. The molecule has 0 amide bonds. The van der Waals surface area contributed by atoms with E-state index >= 15 is 0 Å². The van der Waals surface area contributed by atoms with Gasteiger partial charge in [-0.15, -0.1) is 0 Å². The highest BCUT2D eigenvalue weighted by Crippen LogP contribution is 2.28. The van der Waals surface area contributed by atoms with Gasteiger partial charge in [-0.05, 0) is 55.5 Å². The number of aliphatic hydroxyl groups excluding tert-OH is 1. The minimum atomic E-state index is 0.335. The van der Waals surface area contributed by atoms with Crippen molar-refractivity contribution >= 4 is 15.9 Å². The summed E-state index contributed by atoms with van der Waals surface area (Å²) in [5, 5.41) is 12.8. The highest BCUT2D eigenvalue weighted by Gasteiger charge is 2.23. The fraction of sp³-hybridized carbons (Fsp3) is 0.625. The van der Waals surface area contributed by atoms with E-state index in [9.17, 15) is 5.11 Å². The molecule has 1 saturated carbocycles. The lowest BCUT2D eigenvalue weighted by atomic mass is 9.80. The third kappa shape index (κ3) is 5.08. The highest BCUT2D eigenvalue weighted by molar-refractivity contribution is 9.10. The van der Waals surface area contributed by atoms with Crippen molar-refractivity contribution in [2.75, 3.05) is 26.3 Å². The third-order valence-electron chi connectivity index (χ3n) is 4.07. The summed E-state index contributed by atoms with van der Waals surface area (Å²) < 4.78 is 6.74. The van der Waals surface area contributed by atoms with Gasteiger partial charge in [0.05, 0.1) is 0 Å². The molecule has 112 valence electrons. The number of halogens is 1. The smallest absolute Gasteiger partial charge is 0.119 e. The molecule has 2 rings (SSSR count). The zero-order valence-electron chi connectivity index (χ0n) is 11.9. The molecule has 0 spiro atoms. The zero-order chi connectivity index (χ0) is 14.2. The zero-order valence-corrected chi connectivity index (χ0v) is 13.4. The Balaban J connectivity index is 1.60. The van der Waals surface area contributed by atoms with Gasteiger partial charge in [0, 0.05) is 17.6 Å². The number of rotatable bonds is 7. The summed E-state index contributed by atoms with van der Waals surface area (Å²) in [5.41, 5.74) is 0. The molecule has 1 aromatic carbocycles. The second-order valence-corrected chi connectivity index (χ2v) is 6.41. The molecule has 0 aliphatic heterocycles. The van der Waals surface area contributed by atoms with Crippen LogP contribution < -0.4 is 10.1 Å². The van der Waals surface area contributed by atoms with Crippen molar-refractivity contribution in [3.63, 3.8) is 0 Å². The first-order valence-electron chi connectivity index (χ1n) is 7.49. The molecule has 1 aliphatic carbocycles. The predicted molar refractivity (Wildman–Crippen MR) is 85.0 cm³/mol. The van der Waals surface area contributed by atoms with Gasteiger partial charge in [0.2, 0.25) is 0 Å². The SMILES string of the molecule is OCC1CCCCC1CNCCOc1ccc(Br)cc1. The Morgan fingerprint density at radius 1 is 1.15 bits per heavy atom. The first-order chi connectivity index (χ1) is 9.79. The van der Waals surface area contributed by atoms with E-state index < -0.39 is 0 Å². The number of ether oxygens (including phenoxy) is 1. The van der Waals surface area contributed by atoms with Gasteiger partial charge in [-0.3, -0.25) is 0 Å². The molecule has 0 radical (unpaired) electrons. The second-order valence-electron chi connectivity index (χ2n) is 5.49. The minimum absolute atomic E-state index is 0.335. The van der Waals surface area contributed by atoms with Crippen LogP contribution in [0.1, 0.15) is 25.7 Å². The van der Waals surface area contributed by atoms with Crippen molar-refractivity contribution in [3.05, 3.63) is 28.7 Å². The minimum Gasteiger partial charge on any atom is -0.492 e. The fourth-order valence-corrected chi connectivity index (χ4v) is 3.12. The summed E-state index contributed by atoms with van der Waals surface area (Å²) in [4.78, 5) is 0. The van der Waals surface area contributed by atoms with E-state index in [-0.39, 0.29) is 0 Å². The van der Waals surface area contributed by atoms with E-state index in [2.05, 4.69) is 21.2 Å². The van der Waals surface area contributed by atoms with Crippen molar-refractivity contribution in [2.45, 2.75) is 25.7 Å². The maximum atomic E-state index is 9.38. The standard InChI is InChI=1S/C16H24BrNO2/c17-15-5-7-16(8-6-15)20-10-9-18-11-13-3-1-2-4-14(13)12-19/h5-8,13-14,18-19H,1-4,9-12H2. The van der Waals surface area contributed by atoms with Crippen LogP contribution in [0.4, 0.5) is 0 Å². The van der Waals surface area contributed by atoms with Crippen molar-refractivity contribution in [3.8, 4) is 5.75 Å². The number of hydrogen-bond donors (Lipinski definition) is 2. The van der Waals surface area contributed by atoms with Gasteiger partial charge in [0.25, 0.3) is 0 Å². The maximum Gasteiger partial charge on any atom is 0.119 e. The molecule has 1 aliphatic rings. The van der Waals surface area contributed by atoms with Crippen molar-refractivity contribution in [2.24, 2.45) is 11.8 Å². The van der Waals surface area contributed by atoms with Crippen LogP contribution in [0.2, 0.25) is 0 Å². The van der Waals surface area contributed by atoms with Crippen molar-refractivity contribution < 1.29 is 9.84 Å². The van der Waals surface area contributed by atoms with Crippen molar-refractivity contribution in [1.29, 1.82) is 0 Å². The van der Waals surface area contributed by atoms with Crippen LogP contribution in [0, 0.1) is 11.8 Å². The molecule has 2 N–H and O–H groups in total.